The van der Waals surface area contributed by atoms with Gasteiger partial charge in [-0.3, -0.25) is 9.59 Å². The molecule has 3 aromatic rings. The monoisotopic (exact) mass is 351 g/mol. The third-order valence-electron chi connectivity index (χ3n) is 4.31. The number of hydrogen-bond acceptors (Lipinski definition) is 5. The number of Topliss-reactive ketones (excluding diaryl/α,β-unsaturated/α-hetero) is 1. The third kappa shape index (κ3) is 3.61. The number of carbonyl (C=O) groups is 2. The zero-order chi connectivity index (χ0) is 18.8. The highest BCUT2D eigenvalue weighted by molar-refractivity contribution is 5.97. The molecule has 3 rings (SSSR count). The summed E-state index contributed by atoms with van der Waals surface area (Å²) in [6.07, 6.45) is 0.866. The number of fused-ring (bicyclic) bond motifs is 1. The summed E-state index contributed by atoms with van der Waals surface area (Å²) in [5.74, 6) is 1.10. The molecule has 26 heavy (non-hydrogen) atoms. The molecule has 0 aliphatic rings. The van der Waals surface area contributed by atoms with Gasteiger partial charge < -0.3 is 5.32 Å². The Morgan fingerprint density at radius 1 is 1.15 bits per heavy atom. The fourth-order valence-corrected chi connectivity index (χ4v) is 2.95. The third-order valence-corrected chi connectivity index (χ3v) is 4.31. The number of nitrogens with zero attached hydrogens (tertiary/aromatic N) is 4. The zero-order valence-corrected chi connectivity index (χ0v) is 15.3. The molecule has 0 aliphatic carbocycles. The molecule has 0 fully saturated rings. The minimum Gasteiger partial charge on any atom is -0.326 e. The summed E-state index contributed by atoms with van der Waals surface area (Å²) < 4.78 is 1.71. The predicted octanol–water partition coefficient (Wildman–Crippen LogP) is 2.82. The van der Waals surface area contributed by atoms with Crippen LogP contribution in [0.3, 0.4) is 0 Å². The largest absolute Gasteiger partial charge is 0.326 e. The maximum atomic E-state index is 12.3. The van der Waals surface area contributed by atoms with E-state index in [-0.39, 0.29) is 11.7 Å². The number of amides is 1. The van der Waals surface area contributed by atoms with Gasteiger partial charge >= 0.3 is 0 Å². The lowest BCUT2D eigenvalue weighted by molar-refractivity contribution is -0.116. The number of aryl methyl sites for hydroxylation is 3. The van der Waals surface area contributed by atoms with Gasteiger partial charge in [0.25, 0.3) is 5.78 Å². The lowest BCUT2D eigenvalue weighted by atomic mass is 10.1. The first-order valence-electron chi connectivity index (χ1n) is 8.45. The quantitative estimate of drug-likeness (QED) is 0.714. The standard InChI is InChI=1S/C19H21N5O2/c1-11-17(12(2)24-19(20-11)21-14(4)23-24)8-9-18(26)22-16-7-5-6-15(10-16)13(3)25/h5-7,10H,8-9H2,1-4H3,(H,22,26). The number of benzene rings is 1. The van der Waals surface area contributed by atoms with E-state index in [0.29, 0.717) is 35.7 Å². The van der Waals surface area contributed by atoms with Crippen LogP contribution >= 0.6 is 0 Å². The van der Waals surface area contributed by atoms with Gasteiger partial charge in [0.1, 0.15) is 5.82 Å². The van der Waals surface area contributed by atoms with E-state index in [2.05, 4.69) is 20.4 Å². The molecular weight excluding hydrogens is 330 g/mol. The summed E-state index contributed by atoms with van der Waals surface area (Å²) >= 11 is 0. The van der Waals surface area contributed by atoms with Crippen LogP contribution in [0.15, 0.2) is 24.3 Å². The summed E-state index contributed by atoms with van der Waals surface area (Å²) in [5.41, 5.74) is 3.99. The molecule has 7 heteroatoms. The first-order chi connectivity index (χ1) is 12.3. The Morgan fingerprint density at radius 2 is 1.92 bits per heavy atom. The lowest BCUT2D eigenvalue weighted by Crippen LogP contribution is -2.14. The van der Waals surface area contributed by atoms with E-state index in [1.54, 1.807) is 28.8 Å². The van der Waals surface area contributed by atoms with Crippen LogP contribution in [0.25, 0.3) is 5.78 Å². The van der Waals surface area contributed by atoms with Crippen molar-refractivity contribution in [3.8, 4) is 0 Å². The van der Waals surface area contributed by atoms with E-state index in [9.17, 15) is 9.59 Å². The molecule has 0 saturated carbocycles. The SMILES string of the molecule is CC(=O)c1cccc(NC(=O)CCc2c(C)nc3nc(C)nn3c2C)c1. The maximum Gasteiger partial charge on any atom is 0.252 e. The predicted molar refractivity (Wildman–Crippen MR) is 98.4 cm³/mol. The van der Waals surface area contributed by atoms with Gasteiger partial charge in [0.15, 0.2) is 5.78 Å². The highest BCUT2D eigenvalue weighted by atomic mass is 16.1. The lowest BCUT2D eigenvalue weighted by Gasteiger charge is -2.11. The Morgan fingerprint density at radius 3 is 2.65 bits per heavy atom. The van der Waals surface area contributed by atoms with Crippen LogP contribution in [-0.2, 0) is 11.2 Å². The van der Waals surface area contributed by atoms with E-state index >= 15 is 0 Å². The van der Waals surface area contributed by atoms with Crippen LogP contribution < -0.4 is 5.32 Å². The Hall–Kier alpha value is -3.09. The summed E-state index contributed by atoms with van der Waals surface area (Å²) in [6, 6.07) is 6.94. The number of rotatable bonds is 5. The van der Waals surface area contributed by atoms with Crippen LogP contribution in [0.2, 0.25) is 0 Å². The topological polar surface area (TPSA) is 89.2 Å². The molecule has 134 valence electrons. The fraction of sp³-hybridized carbons (Fsp3) is 0.316. The summed E-state index contributed by atoms with van der Waals surface area (Å²) in [7, 11) is 0. The van der Waals surface area contributed by atoms with Crippen molar-refractivity contribution in [2.45, 2.75) is 40.5 Å². The van der Waals surface area contributed by atoms with Crippen LogP contribution in [0.5, 0.6) is 0 Å². The molecule has 1 aromatic carbocycles. The molecule has 1 amide bonds. The van der Waals surface area contributed by atoms with Crippen LogP contribution in [0, 0.1) is 20.8 Å². The summed E-state index contributed by atoms with van der Waals surface area (Å²) in [6.45, 7) is 7.20. The molecule has 0 bridgehead atoms. The summed E-state index contributed by atoms with van der Waals surface area (Å²) in [4.78, 5) is 32.5. The van der Waals surface area contributed by atoms with Crippen LogP contribution in [-0.4, -0.2) is 31.3 Å². The van der Waals surface area contributed by atoms with Gasteiger partial charge in [-0.25, -0.2) is 9.50 Å². The Labute approximate surface area is 151 Å². The average molecular weight is 351 g/mol. The highest BCUT2D eigenvalue weighted by Gasteiger charge is 2.14. The first kappa shape index (κ1) is 17.7. The Bertz CT molecular complexity index is 1010. The molecule has 0 saturated heterocycles. The van der Waals surface area contributed by atoms with E-state index < -0.39 is 0 Å². The number of carbonyl (C=O) groups excluding carboxylic acids is 2. The maximum absolute atomic E-state index is 12.3. The van der Waals surface area contributed by atoms with Crippen molar-refractivity contribution in [2.24, 2.45) is 0 Å². The highest BCUT2D eigenvalue weighted by Crippen LogP contribution is 2.17. The Balaban J connectivity index is 1.73. The smallest absolute Gasteiger partial charge is 0.252 e. The molecule has 0 spiro atoms. The second kappa shape index (κ2) is 7.03. The number of ketones is 1. The van der Waals surface area contributed by atoms with Crippen molar-refractivity contribution in [2.75, 3.05) is 5.32 Å². The molecule has 1 N–H and O–H groups in total. The van der Waals surface area contributed by atoms with Gasteiger partial charge in [-0.15, -0.1) is 0 Å². The molecule has 0 unspecified atom stereocenters. The van der Waals surface area contributed by atoms with Crippen molar-refractivity contribution >= 4 is 23.2 Å². The second-order valence-electron chi connectivity index (χ2n) is 6.32. The van der Waals surface area contributed by atoms with Crippen molar-refractivity contribution < 1.29 is 9.59 Å². The molecule has 2 aromatic heterocycles. The fourth-order valence-electron chi connectivity index (χ4n) is 2.95. The van der Waals surface area contributed by atoms with Gasteiger partial charge in [-0.05, 0) is 51.8 Å². The van der Waals surface area contributed by atoms with Gasteiger partial charge in [0.05, 0.1) is 0 Å². The molecular formula is C19H21N5O2. The summed E-state index contributed by atoms with van der Waals surface area (Å²) in [5, 5.41) is 7.19. The molecule has 7 nitrogen and oxygen atoms in total. The molecule has 0 radical (unpaired) electrons. The van der Waals surface area contributed by atoms with Crippen LogP contribution in [0.1, 0.15) is 46.5 Å². The van der Waals surface area contributed by atoms with Crippen molar-refractivity contribution in [3.05, 3.63) is 52.6 Å². The van der Waals surface area contributed by atoms with Gasteiger partial charge in [-0.1, -0.05) is 12.1 Å². The van der Waals surface area contributed by atoms with Gasteiger partial charge in [-0.2, -0.15) is 10.1 Å². The van der Waals surface area contributed by atoms with Crippen molar-refractivity contribution in [3.63, 3.8) is 0 Å². The van der Waals surface area contributed by atoms with E-state index in [4.69, 9.17) is 0 Å². The number of aromatic nitrogens is 4. The van der Waals surface area contributed by atoms with Crippen molar-refractivity contribution in [1.29, 1.82) is 0 Å². The van der Waals surface area contributed by atoms with E-state index in [0.717, 1.165) is 17.0 Å². The van der Waals surface area contributed by atoms with Gasteiger partial charge in [0.2, 0.25) is 5.91 Å². The number of anilines is 1. The molecule has 2 heterocycles. The minimum absolute atomic E-state index is 0.0325. The number of nitrogens with one attached hydrogen (secondary N) is 1. The molecule has 0 aliphatic heterocycles. The van der Waals surface area contributed by atoms with Crippen LogP contribution in [0.4, 0.5) is 5.69 Å². The normalized spacial score (nSPS) is 10.9. The zero-order valence-electron chi connectivity index (χ0n) is 15.3. The second-order valence-corrected chi connectivity index (χ2v) is 6.32. The first-order valence-corrected chi connectivity index (χ1v) is 8.45. The van der Waals surface area contributed by atoms with E-state index in [1.807, 2.05) is 20.8 Å². The minimum atomic E-state index is -0.112. The van der Waals surface area contributed by atoms with Crippen molar-refractivity contribution in [1.82, 2.24) is 19.6 Å². The van der Waals surface area contributed by atoms with Gasteiger partial charge in [0, 0.05) is 29.1 Å². The van der Waals surface area contributed by atoms with E-state index in [1.165, 1.54) is 6.92 Å². The Kier molecular flexibility index (Phi) is 4.79. The molecule has 0 atom stereocenters. The average Bonchev–Trinajstić information content (AvgIpc) is 2.95. The number of hydrogen-bond donors (Lipinski definition) is 1.